The number of rotatable bonds is 2. The number of carbonyl (C=O) groups is 1. The molecule has 2 aliphatic rings. The van der Waals surface area contributed by atoms with Gasteiger partial charge in [-0.25, -0.2) is 0 Å². The van der Waals surface area contributed by atoms with Crippen LogP contribution < -0.4 is 14.4 Å². The number of amides is 1. The van der Waals surface area contributed by atoms with Crippen molar-refractivity contribution in [3.8, 4) is 11.5 Å². The Hall–Kier alpha value is -2.76. The first kappa shape index (κ1) is 13.9. The zero-order valence-corrected chi connectivity index (χ0v) is 12.6. The predicted octanol–water partition coefficient (Wildman–Crippen LogP) is 1.77. The second kappa shape index (κ2) is 5.79. The minimum Gasteiger partial charge on any atom is -0.454 e. The van der Waals surface area contributed by atoms with Crippen LogP contribution >= 0.6 is 0 Å². The van der Waals surface area contributed by atoms with E-state index in [9.17, 15) is 4.79 Å². The lowest BCUT2D eigenvalue weighted by Crippen LogP contribution is -2.48. The summed E-state index contributed by atoms with van der Waals surface area (Å²) >= 11 is 0. The van der Waals surface area contributed by atoms with Crippen molar-refractivity contribution in [2.24, 2.45) is 0 Å². The molecule has 1 saturated heterocycles. The summed E-state index contributed by atoms with van der Waals surface area (Å²) in [4.78, 5) is 20.8. The molecule has 1 fully saturated rings. The number of benzene rings is 1. The van der Waals surface area contributed by atoms with Gasteiger partial charge in [-0.3, -0.25) is 9.78 Å². The molecule has 0 unspecified atom stereocenters. The maximum absolute atomic E-state index is 12.6. The maximum atomic E-state index is 12.6. The monoisotopic (exact) mass is 311 g/mol. The van der Waals surface area contributed by atoms with E-state index in [1.807, 2.05) is 17.0 Å². The van der Waals surface area contributed by atoms with Gasteiger partial charge >= 0.3 is 0 Å². The molecule has 1 aromatic carbocycles. The summed E-state index contributed by atoms with van der Waals surface area (Å²) in [5.74, 6) is 1.38. The number of nitrogens with zero attached hydrogens (tertiary/aromatic N) is 3. The van der Waals surface area contributed by atoms with Crippen LogP contribution in [0.4, 0.5) is 5.69 Å². The highest BCUT2D eigenvalue weighted by Gasteiger charge is 2.24. The van der Waals surface area contributed by atoms with Crippen molar-refractivity contribution in [1.29, 1.82) is 0 Å². The average Bonchev–Trinajstić information content (AvgIpc) is 3.10. The number of anilines is 1. The van der Waals surface area contributed by atoms with E-state index in [-0.39, 0.29) is 12.7 Å². The van der Waals surface area contributed by atoms with E-state index in [2.05, 4.69) is 9.88 Å². The Bertz CT molecular complexity index is 712. The van der Waals surface area contributed by atoms with Gasteiger partial charge in [0, 0.05) is 49.8 Å². The molecule has 4 rings (SSSR count). The Balaban J connectivity index is 1.43. The third kappa shape index (κ3) is 2.67. The molecule has 0 atom stereocenters. The fourth-order valence-electron chi connectivity index (χ4n) is 2.93. The third-order valence-corrected chi connectivity index (χ3v) is 4.21. The summed E-state index contributed by atoms with van der Waals surface area (Å²) in [7, 11) is 0. The molecule has 1 aromatic heterocycles. The number of carbonyl (C=O) groups excluding carboxylic acids is 1. The summed E-state index contributed by atoms with van der Waals surface area (Å²) in [6.45, 7) is 3.27. The van der Waals surface area contributed by atoms with Gasteiger partial charge in [-0.2, -0.15) is 0 Å². The highest BCUT2D eigenvalue weighted by molar-refractivity contribution is 5.95. The fourth-order valence-corrected chi connectivity index (χ4v) is 2.93. The minimum atomic E-state index is 0.0395. The Morgan fingerprint density at radius 2 is 1.70 bits per heavy atom. The van der Waals surface area contributed by atoms with Crippen LogP contribution in [-0.2, 0) is 0 Å². The van der Waals surface area contributed by atoms with Crippen LogP contribution in [0.25, 0.3) is 0 Å². The number of hydrogen-bond donors (Lipinski definition) is 0. The summed E-state index contributed by atoms with van der Waals surface area (Å²) in [5, 5.41) is 0. The van der Waals surface area contributed by atoms with Crippen LogP contribution in [0.5, 0.6) is 11.5 Å². The zero-order chi connectivity index (χ0) is 15.6. The molecule has 0 radical (unpaired) electrons. The van der Waals surface area contributed by atoms with Crippen molar-refractivity contribution in [3.05, 3.63) is 48.3 Å². The Morgan fingerprint density at radius 3 is 2.48 bits per heavy atom. The second-order valence-corrected chi connectivity index (χ2v) is 5.55. The van der Waals surface area contributed by atoms with Crippen LogP contribution in [-0.4, -0.2) is 48.8 Å². The highest BCUT2D eigenvalue weighted by Crippen LogP contribution is 2.32. The van der Waals surface area contributed by atoms with Gasteiger partial charge in [0.15, 0.2) is 11.5 Å². The molecule has 118 valence electrons. The summed E-state index contributed by atoms with van der Waals surface area (Å²) in [5.41, 5.74) is 1.79. The lowest BCUT2D eigenvalue weighted by atomic mass is 10.1. The average molecular weight is 311 g/mol. The van der Waals surface area contributed by atoms with Crippen molar-refractivity contribution < 1.29 is 14.3 Å². The van der Waals surface area contributed by atoms with E-state index in [1.54, 1.807) is 30.6 Å². The van der Waals surface area contributed by atoms with Gasteiger partial charge in [-0.1, -0.05) is 0 Å². The molecule has 2 aliphatic heterocycles. The van der Waals surface area contributed by atoms with Crippen molar-refractivity contribution in [3.63, 3.8) is 0 Å². The summed E-state index contributed by atoms with van der Waals surface area (Å²) < 4.78 is 10.6. The van der Waals surface area contributed by atoms with E-state index in [0.29, 0.717) is 30.2 Å². The molecule has 1 amide bonds. The lowest BCUT2D eigenvalue weighted by molar-refractivity contribution is 0.0746. The van der Waals surface area contributed by atoms with Crippen LogP contribution in [0.1, 0.15) is 10.4 Å². The second-order valence-electron chi connectivity index (χ2n) is 5.55. The summed E-state index contributed by atoms with van der Waals surface area (Å²) in [6, 6.07) is 9.35. The Labute approximate surface area is 134 Å². The van der Waals surface area contributed by atoms with E-state index in [1.165, 1.54) is 0 Å². The van der Waals surface area contributed by atoms with Crippen molar-refractivity contribution >= 4 is 11.6 Å². The first-order valence-corrected chi connectivity index (χ1v) is 7.65. The maximum Gasteiger partial charge on any atom is 0.254 e. The molecule has 6 heteroatoms. The first-order valence-electron chi connectivity index (χ1n) is 7.65. The number of ether oxygens (including phenoxy) is 2. The molecule has 23 heavy (non-hydrogen) atoms. The Kier molecular flexibility index (Phi) is 3.49. The van der Waals surface area contributed by atoms with Gasteiger partial charge in [0.25, 0.3) is 5.91 Å². The SMILES string of the molecule is O=C(c1ccc2c(c1)OCO2)N1CCN(c2ccncc2)CC1. The fraction of sp³-hybridized carbons (Fsp3) is 0.294. The molecule has 6 nitrogen and oxygen atoms in total. The van der Waals surface area contributed by atoms with Crippen molar-refractivity contribution in [2.75, 3.05) is 37.9 Å². The number of pyridine rings is 1. The van der Waals surface area contributed by atoms with Gasteiger partial charge in [-0.15, -0.1) is 0 Å². The van der Waals surface area contributed by atoms with E-state index in [4.69, 9.17) is 9.47 Å². The van der Waals surface area contributed by atoms with Crippen LogP contribution in [0.15, 0.2) is 42.7 Å². The van der Waals surface area contributed by atoms with Gasteiger partial charge in [0.1, 0.15) is 0 Å². The molecule has 3 heterocycles. The summed E-state index contributed by atoms with van der Waals surface area (Å²) in [6.07, 6.45) is 3.58. The molecule has 0 aliphatic carbocycles. The molecule has 0 saturated carbocycles. The Morgan fingerprint density at radius 1 is 0.957 bits per heavy atom. The van der Waals surface area contributed by atoms with Crippen LogP contribution in [0, 0.1) is 0 Å². The van der Waals surface area contributed by atoms with Crippen LogP contribution in [0.3, 0.4) is 0 Å². The first-order chi connectivity index (χ1) is 11.3. The normalized spacial score (nSPS) is 16.5. The number of piperazine rings is 1. The smallest absolute Gasteiger partial charge is 0.254 e. The number of fused-ring (bicyclic) bond motifs is 1. The van der Waals surface area contributed by atoms with Crippen molar-refractivity contribution in [1.82, 2.24) is 9.88 Å². The molecule has 2 aromatic rings. The largest absolute Gasteiger partial charge is 0.454 e. The highest BCUT2D eigenvalue weighted by atomic mass is 16.7. The third-order valence-electron chi connectivity index (χ3n) is 4.21. The van der Waals surface area contributed by atoms with Crippen LogP contribution in [0.2, 0.25) is 0 Å². The van der Waals surface area contributed by atoms with Gasteiger partial charge in [0.2, 0.25) is 6.79 Å². The molecule has 0 N–H and O–H groups in total. The molecular weight excluding hydrogens is 294 g/mol. The van der Waals surface area contributed by atoms with Crippen molar-refractivity contribution in [2.45, 2.75) is 0 Å². The number of aromatic nitrogens is 1. The topological polar surface area (TPSA) is 54.9 Å². The zero-order valence-electron chi connectivity index (χ0n) is 12.6. The standard InChI is InChI=1S/C17H17N3O3/c21-17(13-1-2-15-16(11-13)23-12-22-15)20-9-7-19(8-10-20)14-3-5-18-6-4-14/h1-6,11H,7-10,12H2. The lowest BCUT2D eigenvalue weighted by Gasteiger charge is -2.36. The molecular formula is C17H17N3O3. The van der Waals surface area contributed by atoms with E-state index in [0.717, 1.165) is 18.8 Å². The van der Waals surface area contributed by atoms with Gasteiger partial charge in [-0.05, 0) is 30.3 Å². The van der Waals surface area contributed by atoms with Gasteiger partial charge < -0.3 is 19.3 Å². The number of hydrogen-bond acceptors (Lipinski definition) is 5. The minimum absolute atomic E-state index is 0.0395. The predicted molar refractivity (Wildman–Crippen MR) is 84.9 cm³/mol. The molecule has 0 bridgehead atoms. The quantitative estimate of drug-likeness (QED) is 0.846. The van der Waals surface area contributed by atoms with E-state index < -0.39 is 0 Å². The van der Waals surface area contributed by atoms with E-state index >= 15 is 0 Å². The molecule has 0 spiro atoms. The van der Waals surface area contributed by atoms with Gasteiger partial charge in [0.05, 0.1) is 0 Å².